The molecule has 2 N–H and O–H groups in total. The topological polar surface area (TPSA) is 74.6 Å². The third kappa shape index (κ3) is 2.12. The number of aliphatic hydroxyl groups is 1. The zero-order valence-corrected chi connectivity index (χ0v) is 13.1. The highest BCUT2D eigenvalue weighted by Crippen LogP contribution is 2.42. The molecule has 0 saturated heterocycles. The van der Waals surface area contributed by atoms with E-state index in [-0.39, 0.29) is 22.4 Å². The van der Waals surface area contributed by atoms with Gasteiger partial charge in [-0.2, -0.15) is 0 Å². The fraction of sp³-hybridized carbons (Fsp3) is 0.0476. The molecule has 0 spiro atoms. The summed E-state index contributed by atoms with van der Waals surface area (Å²) in [5, 5.41) is 21.3. The molecule has 4 rings (SSSR count). The number of Topliss-reactive ketones (excluding diaryl/α,β-unsaturated/α-hetero) is 2. The minimum atomic E-state index is -2.40. The highest BCUT2D eigenvalue weighted by Gasteiger charge is 2.54. The second-order valence-corrected chi connectivity index (χ2v) is 6.01. The number of fused-ring (bicyclic) bond motifs is 1. The van der Waals surface area contributed by atoms with Gasteiger partial charge in [0.1, 0.15) is 5.75 Å². The van der Waals surface area contributed by atoms with E-state index in [2.05, 4.69) is 0 Å². The molecule has 0 radical (unpaired) electrons. The number of carbonyl (C=O) groups excluding carboxylic acids is 2. The van der Waals surface area contributed by atoms with Crippen molar-refractivity contribution in [3.63, 3.8) is 0 Å². The van der Waals surface area contributed by atoms with Crippen LogP contribution in [-0.2, 0) is 5.60 Å². The van der Waals surface area contributed by atoms with Crippen molar-refractivity contribution in [2.45, 2.75) is 5.60 Å². The molecule has 0 amide bonds. The summed E-state index contributed by atoms with van der Waals surface area (Å²) in [6, 6.07) is 20.2. The third-order valence-electron chi connectivity index (χ3n) is 4.57. The monoisotopic (exact) mass is 330 g/mol. The zero-order valence-electron chi connectivity index (χ0n) is 13.1. The lowest BCUT2D eigenvalue weighted by atomic mass is 9.86. The van der Waals surface area contributed by atoms with Crippen molar-refractivity contribution in [2.75, 3.05) is 0 Å². The van der Waals surface area contributed by atoms with Crippen LogP contribution in [0.3, 0.4) is 0 Å². The first-order valence-electron chi connectivity index (χ1n) is 7.83. The maximum absolute atomic E-state index is 12.7. The summed E-state index contributed by atoms with van der Waals surface area (Å²) in [7, 11) is 0. The zero-order chi connectivity index (χ0) is 17.6. The Bertz CT molecular complexity index is 970. The number of hydrogen-bond donors (Lipinski definition) is 2. The fourth-order valence-electron chi connectivity index (χ4n) is 3.25. The van der Waals surface area contributed by atoms with Crippen molar-refractivity contribution < 1.29 is 19.8 Å². The van der Waals surface area contributed by atoms with Crippen LogP contribution in [0.4, 0.5) is 0 Å². The van der Waals surface area contributed by atoms with Gasteiger partial charge in [-0.3, -0.25) is 9.59 Å². The number of aromatic hydroxyl groups is 1. The summed E-state index contributed by atoms with van der Waals surface area (Å²) in [5.74, 6) is -1.72. The first kappa shape index (κ1) is 15.3. The maximum Gasteiger partial charge on any atom is 0.220 e. The predicted molar refractivity (Wildman–Crippen MR) is 92.5 cm³/mol. The van der Waals surface area contributed by atoms with Crippen molar-refractivity contribution in [1.29, 1.82) is 0 Å². The first-order chi connectivity index (χ1) is 12.0. The molecule has 0 aromatic heterocycles. The Kier molecular flexibility index (Phi) is 3.30. The Labute approximate surface area is 144 Å². The summed E-state index contributed by atoms with van der Waals surface area (Å²) in [4.78, 5) is 25.5. The van der Waals surface area contributed by atoms with Crippen molar-refractivity contribution in [3.8, 4) is 16.9 Å². The molecule has 3 aromatic rings. The molecular formula is C21H14O4. The third-order valence-corrected chi connectivity index (χ3v) is 4.57. The van der Waals surface area contributed by atoms with E-state index < -0.39 is 17.2 Å². The van der Waals surface area contributed by atoms with Gasteiger partial charge in [0.05, 0.1) is 0 Å². The molecular weight excluding hydrogens is 316 g/mol. The molecule has 122 valence electrons. The van der Waals surface area contributed by atoms with Crippen molar-refractivity contribution in [3.05, 3.63) is 89.5 Å². The van der Waals surface area contributed by atoms with Gasteiger partial charge in [0.15, 0.2) is 0 Å². The van der Waals surface area contributed by atoms with Gasteiger partial charge in [-0.1, -0.05) is 60.7 Å². The Morgan fingerprint density at radius 3 is 1.84 bits per heavy atom. The Balaban J connectivity index is 1.91. The summed E-state index contributed by atoms with van der Waals surface area (Å²) >= 11 is 0. The molecule has 0 bridgehead atoms. The summed E-state index contributed by atoms with van der Waals surface area (Å²) in [5.41, 5.74) is -0.626. The molecule has 0 aliphatic heterocycles. The van der Waals surface area contributed by atoms with Crippen LogP contribution in [0.15, 0.2) is 72.8 Å². The summed E-state index contributed by atoms with van der Waals surface area (Å²) < 4.78 is 0. The summed E-state index contributed by atoms with van der Waals surface area (Å²) in [6.07, 6.45) is 0. The van der Waals surface area contributed by atoms with E-state index in [1.807, 2.05) is 30.3 Å². The van der Waals surface area contributed by atoms with E-state index in [1.165, 1.54) is 24.3 Å². The average Bonchev–Trinajstić information content (AvgIpc) is 2.85. The molecule has 0 fully saturated rings. The van der Waals surface area contributed by atoms with Crippen molar-refractivity contribution in [2.24, 2.45) is 0 Å². The summed E-state index contributed by atoms with van der Waals surface area (Å²) in [6.45, 7) is 0. The first-order valence-corrected chi connectivity index (χ1v) is 7.83. The van der Waals surface area contributed by atoms with E-state index in [1.54, 1.807) is 18.2 Å². The van der Waals surface area contributed by atoms with E-state index in [0.29, 0.717) is 5.56 Å². The molecule has 0 saturated carbocycles. The van der Waals surface area contributed by atoms with E-state index in [0.717, 1.165) is 5.56 Å². The lowest BCUT2D eigenvalue weighted by molar-refractivity contribution is 0.0313. The number of phenolic OH excluding ortho intramolecular Hbond substituents is 1. The van der Waals surface area contributed by atoms with Crippen molar-refractivity contribution >= 4 is 11.6 Å². The molecule has 0 atom stereocenters. The van der Waals surface area contributed by atoms with Gasteiger partial charge in [0.25, 0.3) is 0 Å². The van der Waals surface area contributed by atoms with Crippen LogP contribution in [0.25, 0.3) is 11.1 Å². The lowest BCUT2D eigenvalue weighted by Gasteiger charge is -2.21. The molecule has 0 heterocycles. The number of benzene rings is 3. The minimum absolute atomic E-state index is 0.0972. The van der Waals surface area contributed by atoms with Crippen LogP contribution in [-0.4, -0.2) is 21.8 Å². The number of rotatable bonds is 2. The number of hydrogen-bond acceptors (Lipinski definition) is 4. The molecule has 1 aliphatic rings. The van der Waals surface area contributed by atoms with E-state index in [9.17, 15) is 19.8 Å². The smallest absolute Gasteiger partial charge is 0.220 e. The Morgan fingerprint density at radius 1 is 0.680 bits per heavy atom. The highest BCUT2D eigenvalue weighted by molar-refractivity contribution is 6.32. The normalized spacial score (nSPS) is 15.2. The Hall–Kier alpha value is -3.24. The van der Waals surface area contributed by atoms with Crippen LogP contribution >= 0.6 is 0 Å². The van der Waals surface area contributed by atoms with Gasteiger partial charge in [-0.15, -0.1) is 0 Å². The maximum atomic E-state index is 12.7. The number of ketones is 2. The van der Waals surface area contributed by atoms with Crippen LogP contribution < -0.4 is 0 Å². The van der Waals surface area contributed by atoms with Crippen LogP contribution in [0.5, 0.6) is 5.75 Å². The molecule has 25 heavy (non-hydrogen) atoms. The van der Waals surface area contributed by atoms with Gasteiger partial charge in [-0.25, -0.2) is 0 Å². The molecule has 4 heteroatoms. The van der Waals surface area contributed by atoms with Crippen LogP contribution in [0.2, 0.25) is 0 Å². The number of carbonyl (C=O) groups is 2. The Morgan fingerprint density at radius 2 is 1.24 bits per heavy atom. The second-order valence-electron chi connectivity index (χ2n) is 6.01. The highest BCUT2D eigenvalue weighted by atomic mass is 16.3. The fourth-order valence-corrected chi connectivity index (χ4v) is 3.25. The average molecular weight is 330 g/mol. The molecule has 3 aromatic carbocycles. The van der Waals surface area contributed by atoms with E-state index >= 15 is 0 Å². The number of phenols is 1. The lowest BCUT2D eigenvalue weighted by Crippen LogP contribution is -2.38. The van der Waals surface area contributed by atoms with E-state index in [4.69, 9.17) is 0 Å². The van der Waals surface area contributed by atoms with Crippen LogP contribution in [0, 0.1) is 0 Å². The quantitative estimate of drug-likeness (QED) is 0.707. The van der Waals surface area contributed by atoms with Gasteiger partial charge in [0, 0.05) is 16.7 Å². The van der Waals surface area contributed by atoms with Gasteiger partial charge >= 0.3 is 0 Å². The standard InChI is InChI=1S/C21H14O4/c22-18-11-10-14(13-6-2-1-3-7-13)12-17(18)21(25)19(23)15-8-4-5-9-16(15)20(21)24/h1-12,22,25H. The molecule has 0 unspecified atom stereocenters. The second kappa shape index (κ2) is 5.40. The molecule has 4 nitrogen and oxygen atoms in total. The minimum Gasteiger partial charge on any atom is -0.508 e. The largest absolute Gasteiger partial charge is 0.508 e. The SMILES string of the molecule is O=C1c2ccccc2C(=O)C1(O)c1cc(-c2ccccc2)ccc1O. The molecule has 1 aliphatic carbocycles. The van der Waals surface area contributed by atoms with Gasteiger partial charge in [0.2, 0.25) is 17.2 Å². The van der Waals surface area contributed by atoms with Gasteiger partial charge < -0.3 is 10.2 Å². The predicted octanol–water partition coefficient (Wildman–Crippen LogP) is 3.33. The van der Waals surface area contributed by atoms with Gasteiger partial charge in [-0.05, 0) is 23.3 Å². The van der Waals surface area contributed by atoms with Crippen molar-refractivity contribution in [1.82, 2.24) is 0 Å². The van der Waals surface area contributed by atoms with Crippen LogP contribution in [0.1, 0.15) is 26.3 Å².